The Morgan fingerprint density at radius 3 is 2.83 bits per heavy atom. The Morgan fingerprint density at radius 2 is 2.17 bits per heavy atom. The number of nitrogens with zero attached hydrogens (tertiary/aromatic N) is 1. The summed E-state index contributed by atoms with van der Waals surface area (Å²) in [7, 11) is 0. The average Bonchev–Trinajstić information content (AvgIpc) is 3.30. The van der Waals surface area contributed by atoms with Gasteiger partial charge in [0.05, 0.1) is 24.7 Å². The van der Waals surface area contributed by atoms with Crippen molar-refractivity contribution >= 4 is 5.91 Å². The third kappa shape index (κ3) is 3.75. The largest absolute Gasteiger partial charge is 0.375 e. The summed E-state index contributed by atoms with van der Waals surface area (Å²) in [6, 6.07) is 3.80. The first-order valence-corrected chi connectivity index (χ1v) is 8.52. The summed E-state index contributed by atoms with van der Waals surface area (Å²) >= 11 is 0. The molecule has 1 saturated heterocycles. The van der Waals surface area contributed by atoms with E-state index in [0.717, 1.165) is 18.7 Å². The van der Waals surface area contributed by atoms with Crippen LogP contribution in [0.15, 0.2) is 18.2 Å². The van der Waals surface area contributed by atoms with Crippen LogP contribution in [0.3, 0.4) is 0 Å². The topological polar surface area (TPSA) is 41.6 Å². The third-order valence-electron chi connectivity index (χ3n) is 4.89. The molecule has 1 amide bonds. The molecule has 2 aliphatic rings. The van der Waals surface area contributed by atoms with Crippen molar-refractivity contribution in [2.75, 3.05) is 19.7 Å². The van der Waals surface area contributed by atoms with E-state index in [1.165, 1.54) is 6.07 Å². The van der Waals surface area contributed by atoms with Crippen molar-refractivity contribution in [1.29, 1.82) is 0 Å². The predicted molar refractivity (Wildman–Crippen MR) is 86.5 cm³/mol. The van der Waals surface area contributed by atoms with Crippen molar-refractivity contribution < 1.29 is 18.3 Å². The maximum absolute atomic E-state index is 14.0. The van der Waals surface area contributed by atoms with E-state index >= 15 is 0 Å². The lowest BCUT2D eigenvalue weighted by Gasteiger charge is -2.35. The molecule has 3 rings (SSSR count). The van der Waals surface area contributed by atoms with Gasteiger partial charge in [-0.15, -0.1) is 0 Å². The molecule has 1 heterocycles. The van der Waals surface area contributed by atoms with Crippen LogP contribution in [-0.2, 0) is 15.1 Å². The van der Waals surface area contributed by atoms with E-state index in [-0.39, 0.29) is 24.0 Å². The zero-order chi connectivity index (χ0) is 17.3. The van der Waals surface area contributed by atoms with Crippen LogP contribution >= 0.6 is 0 Å². The van der Waals surface area contributed by atoms with Crippen molar-refractivity contribution in [2.45, 2.75) is 50.8 Å². The fourth-order valence-electron chi connectivity index (χ4n) is 3.31. The number of morpholine rings is 1. The monoisotopic (exact) mass is 338 g/mol. The van der Waals surface area contributed by atoms with Gasteiger partial charge in [0, 0.05) is 24.7 Å². The van der Waals surface area contributed by atoms with Gasteiger partial charge >= 0.3 is 0 Å². The number of benzene rings is 1. The van der Waals surface area contributed by atoms with Gasteiger partial charge in [0.15, 0.2) is 0 Å². The highest BCUT2D eigenvalue weighted by Gasteiger charge is 2.47. The highest BCUT2D eigenvalue weighted by molar-refractivity contribution is 5.78. The first-order valence-electron chi connectivity index (χ1n) is 8.52. The first kappa shape index (κ1) is 17.3. The number of ether oxygens (including phenoxy) is 1. The van der Waals surface area contributed by atoms with Crippen molar-refractivity contribution in [3.05, 3.63) is 35.4 Å². The molecule has 1 aliphatic heterocycles. The van der Waals surface area contributed by atoms with Crippen molar-refractivity contribution in [2.24, 2.45) is 0 Å². The van der Waals surface area contributed by atoms with E-state index in [9.17, 15) is 13.6 Å². The molecule has 1 aromatic carbocycles. The third-order valence-corrected chi connectivity index (χ3v) is 4.89. The molecule has 1 atom stereocenters. The molecule has 1 saturated carbocycles. The second-order valence-corrected chi connectivity index (χ2v) is 7.04. The number of amides is 1. The molecule has 0 radical (unpaired) electrons. The normalized spacial score (nSPS) is 23.3. The molecule has 4 nitrogen and oxygen atoms in total. The van der Waals surface area contributed by atoms with Gasteiger partial charge in [0.1, 0.15) is 11.6 Å². The zero-order valence-corrected chi connectivity index (χ0v) is 14.1. The van der Waals surface area contributed by atoms with Crippen LogP contribution < -0.4 is 5.32 Å². The van der Waals surface area contributed by atoms with Crippen LogP contribution in [0.5, 0.6) is 0 Å². The first-order chi connectivity index (χ1) is 11.4. The zero-order valence-electron chi connectivity index (χ0n) is 14.1. The fourth-order valence-corrected chi connectivity index (χ4v) is 3.31. The molecule has 24 heavy (non-hydrogen) atoms. The number of rotatable bonds is 5. The summed E-state index contributed by atoms with van der Waals surface area (Å²) in [5.41, 5.74) is -0.514. The molecular weight excluding hydrogens is 314 g/mol. The Bertz CT molecular complexity index is 617. The van der Waals surface area contributed by atoms with Gasteiger partial charge in [-0.1, -0.05) is 0 Å². The van der Waals surface area contributed by atoms with E-state index in [0.29, 0.717) is 32.0 Å². The average molecular weight is 338 g/mol. The lowest BCUT2D eigenvalue weighted by molar-refractivity contribution is -0.127. The molecular formula is C18H24F2N2O2. The van der Waals surface area contributed by atoms with Crippen LogP contribution in [0.2, 0.25) is 0 Å². The van der Waals surface area contributed by atoms with E-state index in [4.69, 9.17) is 4.74 Å². The Kier molecular flexibility index (Phi) is 4.88. The van der Waals surface area contributed by atoms with Crippen molar-refractivity contribution in [3.63, 3.8) is 0 Å². The minimum Gasteiger partial charge on any atom is -0.375 e. The highest BCUT2D eigenvalue weighted by atomic mass is 19.1. The maximum atomic E-state index is 14.0. The van der Waals surface area contributed by atoms with Crippen LogP contribution in [-0.4, -0.2) is 42.6 Å². The van der Waals surface area contributed by atoms with E-state index in [1.54, 1.807) is 0 Å². The number of carbonyl (C=O) groups is 1. The lowest BCUT2D eigenvalue weighted by atomic mass is 10.0. The van der Waals surface area contributed by atoms with E-state index in [2.05, 4.69) is 24.1 Å². The van der Waals surface area contributed by atoms with Gasteiger partial charge < -0.3 is 10.1 Å². The molecule has 1 aliphatic carbocycles. The SMILES string of the molecule is CC(C)N1CCOC(CC(=O)NC2(c3cc(F)ccc3F)CC2)C1. The summed E-state index contributed by atoms with van der Waals surface area (Å²) in [5.74, 6) is -1.14. The number of hydrogen-bond donors (Lipinski definition) is 1. The van der Waals surface area contributed by atoms with Gasteiger partial charge in [-0.25, -0.2) is 8.78 Å². The number of carbonyl (C=O) groups excluding carboxylic acids is 1. The number of hydrogen-bond acceptors (Lipinski definition) is 3. The Hall–Kier alpha value is -1.53. The number of halogens is 2. The minimum atomic E-state index is -0.754. The Morgan fingerprint density at radius 1 is 1.42 bits per heavy atom. The molecule has 0 spiro atoms. The minimum absolute atomic E-state index is 0.158. The maximum Gasteiger partial charge on any atom is 0.223 e. The van der Waals surface area contributed by atoms with E-state index in [1.807, 2.05) is 0 Å². The Balaban J connectivity index is 1.61. The molecule has 132 valence electrons. The molecule has 1 unspecified atom stereocenters. The Labute approximate surface area is 141 Å². The molecule has 0 bridgehead atoms. The molecule has 1 aromatic rings. The lowest BCUT2D eigenvalue weighted by Crippen LogP contribution is -2.48. The molecule has 6 heteroatoms. The molecule has 0 aromatic heterocycles. The van der Waals surface area contributed by atoms with Gasteiger partial charge in [-0.3, -0.25) is 9.69 Å². The summed E-state index contributed by atoms with van der Waals surface area (Å²) in [4.78, 5) is 14.7. The molecule has 1 N–H and O–H groups in total. The molecule has 2 fully saturated rings. The highest BCUT2D eigenvalue weighted by Crippen LogP contribution is 2.46. The van der Waals surface area contributed by atoms with Gasteiger partial charge in [-0.05, 0) is 44.9 Å². The number of nitrogens with one attached hydrogen (secondary N) is 1. The standard InChI is InChI=1S/C18H24F2N2O2/c1-12(2)22-7-8-24-14(11-22)10-17(23)21-18(5-6-18)15-9-13(19)3-4-16(15)20/h3-4,9,12,14H,5-8,10-11H2,1-2H3,(H,21,23). The van der Waals surface area contributed by atoms with Crippen molar-refractivity contribution in [1.82, 2.24) is 10.2 Å². The second kappa shape index (κ2) is 6.76. The van der Waals surface area contributed by atoms with Crippen LogP contribution in [0, 0.1) is 11.6 Å². The smallest absolute Gasteiger partial charge is 0.223 e. The quantitative estimate of drug-likeness (QED) is 0.897. The van der Waals surface area contributed by atoms with Crippen molar-refractivity contribution in [3.8, 4) is 0 Å². The fraction of sp³-hybridized carbons (Fsp3) is 0.611. The van der Waals surface area contributed by atoms with Gasteiger partial charge in [0.2, 0.25) is 5.91 Å². The summed E-state index contributed by atoms with van der Waals surface area (Å²) in [5, 5.41) is 2.90. The van der Waals surface area contributed by atoms with Gasteiger partial charge in [0.25, 0.3) is 0 Å². The van der Waals surface area contributed by atoms with E-state index < -0.39 is 17.2 Å². The summed E-state index contributed by atoms with van der Waals surface area (Å²) in [6.45, 7) is 6.43. The second-order valence-electron chi connectivity index (χ2n) is 7.04. The predicted octanol–water partition coefficient (Wildman–Crippen LogP) is 2.57. The van der Waals surface area contributed by atoms with Crippen LogP contribution in [0.25, 0.3) is 0 Å². The van der Waals surface area contributed by atoms with Crippen LogP contribution in [0.4, 0.5) is 8.78 Å². The van der Waals surface area contributed by atoms with Gasteiger partial charge in [-0.2, -0.15) is 0 Å². The summed E-state index contributed by atoms with van der Waals surface area (Å²) < 4.78 is 33.1. The van der Waals surface area contributed by atoms with Crippen LogP contribution in [0.1, 0.15) is 38.7 Å². The summed E-state index contributed by atoms with van der Waals surface area (Å²) in [6.07, 6.45) is 1.34.